The standard InChI is InChI=1S/C22H33NO3/c1-2-19-22(23(25)26)20-17-15-13-11-9-7-5-3-4-6-8-10-12-14-16-18-21-24/h3,5-6,8-9,11,15,17,19,21H,2,4,7,10,12-14,16,18,20H2,1H3/b5-3+,8-6+,11-9+,17-15+,22-19-. The predicted octanol–water partition coefficient (Wildman–Crippen LogP) is 6.49. The summed E-state index contributed by atoms with van der Waals surface area (Å²) >= 11 is 0. The number of carbonyl (C=O) groups excluding carboxylic acids is 1. The average molecular weight is 360 g/mol. The zero-order chi connectivity index (χ0) is 19.3. The summed E-state index contributed by atoms with van der Waals surface area (Å²) in [5, 5.41) is 10.8. The molecule has 0 heterocycles. The second-order valence-electron chi connectivity index (χ2n) is 5.96. The first-order valence-corrected chi connectivity index (χ1v) is 9.59. The molecule has 0 aliphatic heterocycles. The topological polar surface area (TPSA) is 60.2 Å². The Kier molecular flexibility index (Phi) is 17.5. The molecule has 0 atom stereocenters. The van der Waals surface area contributed by atoms with E-state index in [0.29, 0.717) is 19.3 Å². The molecule has 0 spiro atoms. The van der Waals surface area contributed by atoms with E-state index in [4.69, 9.17) is 0 Å². The highest BCUT2D eigenvalue weighted by Gasteiger charge is 2.05. The van der Waals surface area contributed by atoms with Crippen molar-refractivity contribution < 1.29 is 9.72 Å². The van der Waals surface area contributed by atoms with Crippen molar-refractivity contribution in [3.05, 3.63) is 70.5 Å². The SMILES string of the molecule is CC/C=C(/C/C=C/C/C=C/C/C=C/C/C=C/CCCCCC=O)[N+](=O)[O-]. The molecule has 0 aliphatic rings. The van der Waals surface area contributed by atoms with Crippen molar-refractivity contribution in [2.75, 3.05) is 0 Å². The quantitative estimate of drug-likeness (QED) is 0.104. The van der Waals surface area contributed by atoms with Crippen LogP contribution in [-0.4, -0.2) is 11.2 Å². The smallest absolute Gasteiger partial charge is 0.246 e. The van der Waals surface area contributed by atoms with Crippen LogP contribution in [0.3, 0.4) is 0 Å². The summed E-state index contributed by atoms with van der Waals surface area (Å²) in [6.07, 6.45) is 28.1. The molecular formula is C22H33NO3. The maximum Gasteiger partial charge on any atom is 0.246 e. The van der Waals surface area contributed by atoms with Crippen LogP contribution in [0.5, 0.6) is 0 Å². The van der Waals surface area contributed by atoms with Gasteiger partial charge in [0.2, 0.25) is 5.70 Å². The Morgan fingerprint density at radius 1 is 0.808 bits per heavy atom. The minimum atomic E-state index is -0.309. The molecule has 144 valence electrons. The lowest BCUT2D eigenvalue weighted by atomic mass is 10.1. The Morgan fingerprint density at radius 2 is 1.35 bits per heavy atom. The van der Waals surface area contributed by atoms with Crippen LogP contribution < -0.4 is 0 Å². The van der Waals surface area contributed by atoms with Crippen molar-refractivity contribution in [2.45, 2.75) is 71.1 Å². The zero-order valence-electron chi connectivity index (χ0n) is 16.0. The monoisotopic (exact) mass is 359 g/mol. The zero-order valence-corrected chi connectivity index (χ0v) is 16.0. The Morgan fingerprint density at radius 3 is 1.88 bits per heavy atom. The van der Waals surface area contributed by atoms with Crippen molar-refractivity contribution in [2.24, 2.45) is 0 Å². The highest BCUT2D eigenvalue weighted by atomic mass is 16.6. The molecule has 0 unspecified atom stereocenters. The predicted molar refractivity (Wildman–Crippen MR) is 110 cm³/mol. The van der Waals surface area contributed by atoms with E-state index in [-0.39, 0.29) is 10.6 Å². The van der Waals surface area contributed by atoms with Gasteiger partial charge in [-0.2, -0.15) is 0 Å². The molecule has 0 bridgehead atoms. The van der Waals surface area contributed by atoms with E-state index in [2.05, 4.69) is 36.5 Å². The normalized spacial score (nSPS) is 12.9. The number of nitro groups is 1. The molecule has 0 fully saturated rings. The lowest BCUT2D eigenvalue weighted by molar-refractivity contribution is -0.427. The van der Waals surface area contributed by atoms with Gasteiger partial charge in [0.05, 0.1) is 11.3 Å². The van der Waals surface area contributed by atoms with Crippen molar-refractivity contribution in [1.82, 2.24) is 0 Å². The first-order valence-electron chi connectivity index (χ1n) is 9.59. The Balaban J connectivity index is 3.66. The molecule has 0 saturated heterocycles. The van der Waals surface area contributed by atoms with Crippen LogP contribution in [-0.2, 0) is 4.79 Å². The molecule has 0 N–H and O–H groups in total. The molecule has 0 rings (SSSR count). The second kappa shape index (κ2) is 19.1. The van der Waals surface area contributed by atoms with Crippen LogP contribution in [0.25, 0.3) is 0 Å². The molecule has 0 radical (unpaired) electrons. The number of hydrogen-bond donors (Lipinski definition) is 0. The van der Waals surface area contributed by atoms with Crippen LogP contribution in [0, 0.1) is 10.1 Å². The van der Waals surface area contributed by atoms with Crippen molar-refractivity contribution in [3.63, 3.8) is 0 Å². The van der Waals surface area contributed by atoms with Crippen LogP contribution in [0.4, 0.5) is 0 Å². The third-order valence-corrected chi connectivity index (χ3v) is 3.68. The van der Waals surface area contributed by atoms with Gasteiger partial charge in [-0.3, -0.25) is 10.1 Å². The summed E-state index contributed by atoms with van der Waals surface area (Å²) in [6, 6.07) is 0. The Bertz CT molecular complexity index is 513. The summed E-state index contributed by atoms with van der Waals surface area (Å²) in [5.41, 5.74) is 0.268. The van der Waals surface area contributed by atoms with E-state index in [1.807, 2.05) is 19.1 Å². The molecule has 4 heteroatoms. The van der Waals surface area contributed by atoms with Gasteiger partial charge < -0.3 is 4.79 Å². The van der Waals surface area contributed by atoms with Gasteiger partial charge in [0.15, 0.2) is 0 Å². The van der Waals surface area contributed by atoms with E-state index in [9.17, 15) is 14.9 Å². The Labute approximate surface area is 158 Å². The third kappa shape index (κ3) is 16.6. The van der Waals surface area contributed by atoms with E-state index in [0.717, 1.165) is 51.2 Å². The minimum Gasteiger partial charge on any atom is -0.303 e. The molecular weight excluding hydrogens is 326 g/mol. The van der Waals surface area contributed by atoms with Gasteiger partial charge in [-0.15, -0.1) is 0 Å². The number of unbranched alkanes of at least 4 members (excludes halogenated alkanes) is 4. The Hall–Kier alpha value is -2.23. The summed E-state index contributed by atoms with van der Waals surface area (Å²) in [4.78, 5) is 20.6. The van der Waals surface area contributed by atoms with E-state index >= 15 is 0 Å². The van der Waals surface area contributed by atoms with Crippen LogP contribution in [0.1, 0.15) is 71.1 Å². The summed E-state index contributed by atoms with van der Waals surface area (Å²) < 4.78 is 0. The van der Waals surface area contributed by atoms with Gasteiger partial charge in [-0.05, 0) is 51.0 Å². The van der Waals surface area contributed by atoms with E-state index in [1.54, 1.807) is 6.08 Å². The van der Waals surface area contributed by atoms with Gasteiger partial charge in [-0.1, -0.05) is 62.0 Å². The maximum absolute atomic E-state index is 10.8. The van der Waals surface area contributed by atoms with Crippen LogP contribution in [0.15, 0.2) is 60.4 Å². The first-order chi connectivity index (χ1) is 12.7. The van der Waals surface area contributed by atoms with Gasteiger partial charge in [0, 0.05) is 6.42 Å². The molecule has 0 aromatic carbocycles. The summed E-state index contributed by atoms with van der Waals surface area (Å²) in [7, 11) is 0. The first kappa shape index (κ1) is 23.8. The average Bonchev–Trinajstić information content (AvgIpc) is 2.63. The van der Waals surface area contributed by atoms with Crippen LogP contribution in [0.2, 0.25) is 0 Å². The van der Waals surface area contributed by atoms with Gasteiger partial charge >= 0.3 is 0 Å². The minimum absolute atomic E-state index is 0.268. The number of hydrogen-bond acceptors (Lipinski definition) is 3. The number of aldehydes is 1. The maximum atomic E-state index is 10.8. The van der Waals surface area contributed by atoms with Crippen LogP contribution >= 0.6 is 0 Å². The van der Waals surface area contributed by atoms with Gasteiger partial charge in [0.1, 0.15) is 6.29 Å². The third-order valence-electron chi connectivity index (χ3n) is 3.68. The molecule has 26 heavy (non-hydrogen) atoms. The second-order valence-corrected chi connectivity index (χ2v) is 5.96. The van der Waals surface area contributed by atoms with E-state index in [1.165, 1.54) is 0 Å². The van der Waals surface area contributed by atoms with Crippen molar-refractivity contribution in [3.8, 4) is 0 Å². The van der Waals surface area contributed by atoms with Crippen molar-refractivity contribution >= 4 is 6.29 Å². The van der Waals surface area contributed by atoms with Gasteiger partial charge in [0.25, 0.3) is 0 Å². The molecule has 0 aromatic rings. The fraction of sp³-hybridized carbons (Fsp3) is 0.500. The highest BCUT2D eigenvalue weighted by molar-refractivity contribution is 5.48. The molecule has 0 aliphatic carbocycles. The molecule has 0 aromatic heterocycles. The van der Waals surface area contributed by atoms with Crippen molar-refractivity contribution in [1.29, 1.82) is 0 Å². The largest absolute Gasteiger partial charge is 0.303 e. The number of allylic oxidation sites excluding steroid dienone is 9. The molecule has 0 amide bonds. The lowest BCUT2D eigenvalue weighted by Gasteiger charge is -1.93. The fourth-order valence-corrected chi connectivity index (χ4v) is 2.27. The van der Waals surface area contributed by atoms with Gasteiger partial charge in [-0.25, -0.2) is 0 Å². The highest BCUT2D eigenvalue weighted by Crippen LogP contribution is 2.06. The number of rotatable bonds is 16. The van der Waals surface area contributed by atoms with E-state index < -0.39 is 0 Å². The molecule has 4 nitrogen and oxygen atoms in total. The fourth-order valence-electron chi connectivity index (χ4n) is 2.27. The summed E-state index contributed by atoms with van der Waals surface area (Å²) in [6.45, 7) is 1.90. The summed E-state index contributed by atoms with van der Waals surface area (Å²) in [5.74, 6) is 0. The number of carbonyl (C=O) groups is 1. The lowest BCUT2D eigenvalue weighted by Crippen LogP contribution is -1.96. The molecule has 0 saturated carbocycles. The number of nitrogens with zero attached hydrogens (tertiary/aromatic N) is 1.